The maximum absolute atomic E-state index is 13.1. The van der Waals surface area contributed by atoms with Crippen molar-refractivity contribution in [2.75, 3.05) is 30.8 Å². The first-order chi connectivity index (χ1) is 16.8. The number of hydrogen-bond donors (Lipinski definition) is 0. The van der Waals surface area contributed by atoms with Crippen LogP contribution in [-0.4, -0.2) is 44.2 Å². The van der Waals surface area contributed by atoms with Gasteiger partial charge in [-0.25, -0.2) is 4.42 Å². The Morgan fingerprint density at radius 1 is 0.914 bits per heavy atom. The second-order valence-corrected chi connectivity index (χ2v) is 7.65. The van der Waals surface area contributed by atoms with Gasteiger partial charge in [0.25, 0.3) is 5.91 Å². The Balaban J connectivity index is 2.39. The molecule has 0 aliphatic carbocycles. The lowest BCUT2D eigenvalue weighted by Gasteiger charge is -2.20. The van der Waals surface area contributed by atoms with E-state index in [1.807, 2.05) is 13.8 Å². The lowest BCUT2D eigenvalue weighted by molar-refractivity contribution is -0.126. The second-order valence-electron chi connectivity index (χ2n) is 6.94. The van der Waals surface area contributed by atoms with E-state index in [9.17, 15) is 9.59 Å². The predicted molar refractivity (Wildman–Crippen MR) is 135 cm³/mol. The lowest BCUT2D eigenvalue weighted by Crippen LogP contribution is -2.36. The number of amides is 1. The smallest absolute Gasteiger partial charge is 0.276 e. The molecule has 0 saturated heterocycles. The standard InChI is InChI=1S/C24H29Cl2N3O6/c1-6-32-16-10-12-18(20(14-16)34-8-3)29(26)24(31)22(15(5)30)28-27-17-11-13-19(33-7-2)21(25)23(17)35-9-4/h10-14,22H,6-9H2,1-5H3. The predicted octanol–water partition coefficient (Wildman–Crippen LogP) is 6.16. The summed E-state index contributed by atoms with van der Waals surface area (Å²) in [6.45, 7) is 9.98. The highest BCUT2D eigenvalue weighted by atomic mass is 35.5. The van der Waals surface area contributed by atoms with Crippen LogP contribution in [-0.2, 0) is 9.59 Å². The molecule has 0 saturated carbocycles. The number of rotatable bonds is 13. The van der Waals surface area contributed by atoms with Crippen LogP contribution in [0.4, 0.5) is 11.4 Å². The molecule has 0 aliphatic heterocycles. The van der Waals surface area contributed by atoms with Crippen molar-refractivity contribution >= 4 is 46.4 Å². The number of Topliss-reactive ketones (excluding diaryl/α,β-unsaturated/α-hetero) is 1. The molecule has 2 aromatic rings. The van der Waals surface area contributed by atoms with Crippen molar-refractivity contribution in [3.8, 4) is 23.0 Å². The van der Waals surface area contributed by atoms with Crippen molar-refractivity contribution in [2.24, 2.45) is 10.2 Å². The van der Waals surface area contributed by atoms with Crippen molar-refractivity contribution in [3.63, 3.8) is 0 Å². The molecule has 190 valence electrons. The Bertz CT molecular complexity index is 1060. The first kappa shape index (κ1) is 28.2. The van der Waals surface area contributed by atoms with Crippen LogP contribution in [0.1, 0.15) is 34.6 Å². The van der Waals surface area contributed by atoms with Gasteiger partial charge in [0.2, 0.25) is 6.04 Å². The van der Waals surface area contributed by atoms with Crippen LogP contribution in [0.15, 0.2) is 40.6 Å². The molecular weight excluding hydrogens is 497 g/mol. The summed E-state index contributed by atoms with van der Waals surface area (Å²) < 4.78 is 23.0. The topological polar surface area (TPSA) is 99.0 Å². The van der Waals surface area contributed by atoms with Gasteiger partial charge in [-0.1, -0.05) is 11.6 Å². The van der Waals surface area contributed by atoms with Crippen LogP contribution in [0.25, 0.3) is 0 Å². The van der Waals surface area contributed by atoms with Gasteiger partial charge in [0.15, 0.2) is 11.5 Å². The summed E-state index contributed by atoms with van der Waals surface area (Å²) in [5.41, 5.74) is 0.471. The molecule has 35 heavy (non-hydrogen) atoms. The van der Waals surface area contributed by atoms with Crippen molar-refractivity contribution in [1.29, 1.82) is 0 Å². The minimum Gasteiger partial charge on any atom is -0.494 e. The molecule has 0 radical (unpaired) electrons. The van der Waals surface area contributed by atoms with Gasteiger partial charge in [-0.3, -0.25) is 9.59 Å². The summed E-state index contributed by atoms with van der Waals surface area (Å²) in [5.74, 6) is 0.160. The molecule has 1 amide bonds. The van der Waals surface area contributed by atoms with Gasteiger partial charge in [0, 0.05) is 17.8 Å². The van der Waals surface area contributed by atoms with Crippen LogP contribution in [0.5, 0.6) is 23.0 Å². The lowest BCUT2D eigenvalue weighted by atomic mass is 10.2. The second kappa shape index (κ2) is 13.7. The maximum Gasteiger partial charge on any atom is 0.276 e. The Morgan fingerprint density at radius 3 is 2.14 bits per heavy atom. The molecule has 1 atom stereocenters. The SMILES string of the molecule is CCOc1ccc(N(Cl)C(=O)C(N=Nc2ccc(OCC)c(Cl)c2OCC)C(C)=O)c(OCC)c1. The molecule has 0 fully saturated rings. The van der Waals surface area contributed by atoms with Crippen LogP contribution in [0, 0.1) is 0 Å². The first-order valence-corrected chi connectivity index (χ1v) is 11.9. The number of halogens is 2. The van der Waals surface area contributed by atoms with Gasteiger partial charge in [-0.2, -0.15) is 10.2 Å². The summed E-state index contributed by atoms with van der Waals surface area (Å²) in [7, 11) is 0. The third-order valence-electron chi connectivity index (χ3n) is 4.48. The van der Waals surface area contributed by atoms with Crippen LogP contribution in [0.3, 0.4) is 0 Å². The zero-order valence-electron chi connectivity index (χ0n) is 20.3. The monoisotopic (exact) mass is 525 g/mol. The van der Waals surface area contributed by atoms with Crippen molar-refractivity contribution in [1.82, 2.24) is 0 Å². The molecule has 0 heterocycles. The van der Waals surface area contributed by atoms with E-state index in [1.54, 1.807) is 44.2 Å². The molecular formula is C24H29Cl2N3O6. The average molecular weight is 526 g/mol. The Hall–Kier alpha value is -3.04. The Kier molecular flexibility index (Phi) is 11.1. The molecule has 0 bridgehead atoms. The zero-order valence-corrected chi connectivity index (χ0v) is 21.9. The van der Waals surface area contributed by atoms with E-state index in [0.717, 1.165) is 4.42 Å². The maximum atomic E-state index is 13.1. The fourth-order valence-electron chi connectivity index (χ4n) is 2.99. The van der Waals surface area contributed by atoms with Gasteiger partial charge in [0.1, 0.15) is 33.6 Å². The van der Waals surface area contributed by atoms with Gasteiger partial charge in [-0.05, 0) is 58.9 Å². The number of ether oxygens (including phenoxy) is 4. The minimum atomic E-state index is -1.51. The van der Waals surface area contributed by atoms with Gasteiger partial charge >= 0.3 is 0 Å². The summed E-state index contributed by atoms with van der Waals surface area (Å²) in [6.07, 6.45) is 0. The molecule has 9 nitrogen and oxygen atoms in total. The number of azo groups is 1. The van der Waals surface area contributed by atoms with Gasteiger partial charge in [0.05, 0.1) is 26.4 Å². The molecule has 1 unspecified atom stereocenters. The molecule has 2 rings (SSSR count). The van der Waals surface area contributed by atoms with E-state index in [2.05, 4.69) is 10.2 Å². The highest BCUT2D eigenvalue weighted by Crippen LogP contribution is 2.42. The number of benzene rings is 2. The van der Waals surface area contributed by atoms with Crippen LogP contribution in [0.2, 0.25) is 5.02 Å². The molecule has 2 aromatic carbocycles. The van der Waals surface area contributed by atoms with Crippen molar-refractivity contribution in [2.45, 2.75) is 40.7 Å². The van der Waals surface area contributed by atoms with Crippen LogP contribution >= 0.6 is 23.4 Å². The van der Waals surface area contributed by atoms with Gasteiger partial charge < -0.3 is 18.9 Å². The van der Waals surface area contributed by atoms with E-state index in [4.69, 9.17) is 42.3 Å². The van der Waals surface area contributed by atoms with Crippen molar-refractivity contribution < 1.29 is 28.5 Å². The fourth-order valence-corrected chi connectivity index (χ4v) is 3.49. The third-order valence-corrected chi connectivity index (χ3v) is 5.18. The van der Waals surface area contributed by atoms with E-state index in [-0.39, 0.29) is 22.1 Å². The third kappa shape index (κ3) is 7.22. The number of carbonyl (C=O) groups is 2. The summed E-state index contributed by atoms with van der Waals surface area (Å²) in [4.78, 5) is 25.5. The molecule has 0 aromatic heterocycles. The van der Waals surface area contributed by atoms with Crippen molar-refractivity contribution in [3.05, 3.63) is 35.4 Å². The van der Waals surface area contributed by atoms with E-state index >= 15 is 0 Å². The Morgan fingerprint density at radius 2 is 1.54 bits per heavy atom. The summed E-state index contributed by atoms with van der Waals surface area (Å²) >= 11 is 12.7. The number of carbonyl (C=O) groups excluding carboxylic acids is 2. The number of anilines is 1. The highest BCUT2D eigenvalue weighted by molar-refractivity contribution is 6.39. The number of hydrogen-bond acceptors (Lipinski definition) is 8. The molecule has 0 spiro atoms. The van der Waals surface area contributed by atoms with Gasteiger partial charge in [-0.15, -0.1) is 0 Å². The van der Waals surface area contributed by atoms with Crippen LogP contribution < -0.4 is 23.4 Å². The minimum absolute atomic E-state index is 0.213. The normalized spacial score (nSPS) is 11.7. The summed E-state index contributed by atoms with van der Waals surface area (Å²) in [6, 6.07) is 6.50. The number of nitrogens with zero attached hydrogens (tertiary/aromatic N) is 3. The molecule has 11 heteroatoms. The quantitative estimate of drug-likeness (QED) is 0.176. The highest BCUT2D eigenvalue weighted by Gasteiger charge is 2.31. The largest absolute Gasteiger partial charge is 0.494 e. The zero-order chi connectivity index (χ0) is 26.0. The first-order valence-electron chi connectivity index (χ1n) is 11.2. The average Bonchev–Trinajstić information content (AvgIpc) is 2.83. The van der Waals surface area contributed by atoms with E-state index in [0.29, 0.717) is 43.7 Å². The van der Waals surface area contributed by atoms with E-state index in [1.165, 1.54) is 6.92 Å². The fraction of sp³-hybridized carbons (Fsp3) is 0.417. The van der Waals surface area contributed by atoms with E-state index < -0.39 is 17.7 Å². The summed E-state index contributed by atoms with van der Waals surface area (Å²) in [5, 5.41) is 8.28. The number of ketones is 1. The molecule has 0 N–H and O–H groups in total. The Labute approximate surface area is 215 Å². The molecule has 0 aliphatic rings.